The standard InChI is InChI=1S/C22H18F3N3O4S/c1-32-18-11-9-17(10-12-18)28-33(30,31)19-7-4-6-15(13-19)21(29)27-26-14-16-5-2-3-8-20(16)22(23,24)25/h2-14,28H,1H3,(H,27,29)/b26-14-. The molecule has 0 radical (unpaired) electrons. The number of hydrazone groups is 1. The summed E-state index contributed by atoms with van der Waals surface area (Å²) in [4.78, 5) is 12.2. The minimum absolute atomic E-state index is 0.0473. The first-order chi connectivity index (χ1) is 15.6. The topological polar surface area (TPSA) is 96.9 Å². The van der Waals surface area contributed by atoms with Gasteiger partial charge in [-0.2, -0.15) is 18.3 Å². The molecule has 11 heteroatoms. The Hall–Kier alpha value is -3.86. The van der Waals surface area contributed by atoms with Crippen LogP contribution in [-0.4, -0.2) is 27.6 Å². The highest BCUT2D eigenvalue weighted by Crippen LogP contribution is 2.31. The van der Waals surface area contributed by atoms with E-state index in [0.717, 1.165) is 18.3 Å². The molecule has 0 atom stereocenters. The summed E-state index contributed by atoms with van der Waals surface area (Å²) in [7, 11) is -2.53. The molecule has 3 rings (SSSR count). The second kappa shape index (κ2) is 9.74. The zero-order valence-electron chi connectivity index (χ0n) is 17.1. The van der Waals surface area contributed by atoms with Gasteiger partial charge >= 0.3 is 6.18 Å². The molecule has 0 unspecified atom stereocenters. The van der Waals surface area contributed by atoms with E-state index in [-0.39, 0.29) is 16.0 Å². The Labute approximate surface area is 188 Å². The molecule has 0 aliphatic heterocycles. The van der Waals surface area contributed by atoms with Gasteiger partial charge in [-0.25, -0.2) is 13.8 Å². The Bertz CT molecular complexity index is 1270. The summed E-state index contributed by atoms with van der Waals surface area (Å²) < 4.78 is 71.8. The molecule has 1 amide bonds. The summed E-state index contributed by atoms with van der Waals surface area (Å²) in [6.45, 7) is 0. The number of alkyl halides is 3. The number of sulfonamides is 1. The average molecular weight is 477 g/mol. The van der Waals surface area contributed by atoms with Crippen LogP contribution < -0.4 is 14.9 Å². The quantitative estimate of drug-likeness (QED) is 0.392. The van der Waals surface area contributed by atoms with E-state index in [1.54, 1.807) is 12.1 Å². The van der Waals surface area contributed by atoms with Crippen LogP contribution in [-0.2, 0) is 16.2 Å². The number of hydrogen-bond acceptors (Lipinski definition) is 5. The lowest BCUT2D eigenvalue weighted by Gasteiger charge is -2.10. The number of carbonyl (C=O) groups excluding carboxylic acids is 1. The van der Waals surface area contributed by atoms with Crippen molar-refractivity contribution in [3.05, 3.63) is 89.5 Å². The third-order valence-electron chi connectivity index (χ3n) is 4.38. The number of nitrogens with one attached hydrogen (secondary N) is 2. The second-order valence-electron chi connectivity index (χ2n) is 6.65. The van der Waals surface area contributed by atoms with Gasteiger partial charge in [-0.1, -0.05) is 24.3 Å². The summed E-state index contributed by atoms with van der Waals surface area (Å²) in [6, 6.07) is 16.1. The fourth-order valence-corrected chi connectivity index (χ4v) is 3.87. The number of rotatable bonds is 7. The van der Waals surface area contributed by atoms with Gasteiger partial charge in [0.15, 0.2) is 0 Å². The fourth-order valence-electron chi connectivity index (χ4n) is 2.77. The summed E-state index contributed by atoms with van der Waals surface area (Å²) in [5, 5.41) is 3.57. The third-order valence-corrected chi connectivity index (χ3v) is 5.76. The van der Waals surface area contributed by atoms with Gasteiger partial charge in [0, 0.05) is 16.8 Å². The predicted octanol–water partition coefficient (Wildman–Crippen LogP) is 4.28. The minimum Gasteiger partial charge on any atom is -0.497 e. The summed E-state index contributed by atoms with van der Waals surface area (Å²) in [5.41, 5.74) is 1.21. The van der Waals surface area contributed by atoms with E-state index in [9.17, 15) is 26.4 Å². The van der Waals surface area contributed by atoms with Gasteiger partial charge in [-0.3, -0.25) is 9.52 Å². The van der Waals surface area contributed by atoms with Crippen molar-refractivity contribution in [1.82, 2.24) is 5.43 Å². The molecular weight excluding hydrogens is 459 g/mol. The van der Waals surface area contributed by atoms with E-state index >= 15 is 0 Å². The molecule has 7 nitrogen and oxygen atoms in total. The number of amides is 1. The number of anilines is 1. The zero-order valence-corrected chi connectivity index (χ0v) is 17.9. The van der Waals surface area contributed by atoms with Crippen LogP contribution in [0.3, 0.4) is 0 Å². The van der Waals surface area contributed by atoms with E-state index < -0.39 is 27.7 Å². The lowest BCUT2D eigenvalue weighted by molar-refractivity contribution is -0.137. The molecule has 0 fully saturated rings. The summed E-state index contributed by atoms with van der Waals surface area (Å²) in [6.07, 6.45) is -3.71. The maximum atomic E-state index is 13.0. The highest BCUT2D eigenvalue weighted by atomic mass is 32.2. The molecule has 2 N–H and O–H groups in total. The number of halogens is 3. The molecular formula is C22H18F3N3O4S. The minimum atomic E-state index is -4.58. The summed E-state index contributed by atoms with van der Waals surface area (Å²) >= 11 is 0. The van der Waals surface area contributed by atoms with E-state index in [0.29, 0.717) is 11.4 Å². The molecule has 0 saturated heterocycles. The largest absolute Gasteiger partial charge is 0.497 e. The normalized spacial score (nSPS) is 11.9. The molecule has 0 aromatic heterocycles. The SMILES string of the molecule is COc1ccc(NS(=O)(=O)c2cccc(C(=O)N/N=C\c3ccccc3C(F)(F)F)c2)cc1. The number of nitrogens with zero attached hydrogens (tertiary/aromatic N) is 1. The van der Waals surface area contributed by atoms with Crippen LogP contribution in [0.1, 0.15) is 21.5 Å². The van der Waals surface area contributed by atoms with Gasteiger partial charge in [0.1, 0.15) is 5.75 Å². The average Bonchev–Trinajstić information content (AvgIpc) is 2.79. The van der Waals surface area contributed by atoms with Crippen LogP contribution in [0.2, 0.25) is 0 Å². The van der Waals surface area contributed by atoms with Crippen molar-refractivity contribution in [1.29, 1.82) is 0 Å². The number of carbonyl (C=O) groups is 1. The Morgan fingerprint density at radius 3 is 2.36 bits per heavy atom. The van der Waals surface area contributed by atoms with Crippen LogP contribution >= 0.6 is 0 Å². The lowest BCUT2D eigenvalue weighted by Crippen LogP contribution is -2.19. The van der Waals surface area contributed by atoms with Crippen LogP contribution in [0.5, 0.6) is 5.75 Å². The van der Waals surface area contributed by atoms with Crippen molar-refractivity contribution in [2.45, 2.75) is 11.1 Å². The molecule has 0 saturated carbocycles. The number of methoxy groups -OCH3 is 1. The van der Waals surface area contributed by atoms with Gasteiger partial charge < -0.3 is 4.74 Å². The molecule has 0 heterocycles. The highest BCUT2D eigenvalue weighted by Gasteiger charge is 2.32. The van der Waals surface area contributed by atoms with Gasteiger partial charge in [0.05, 0.1) is 23.8 Å². The summed E-state index contributed by atoms with van der Waals surface area (Å²) in [5.74, 6) is -0.243. The first kappa shape index (κ1) is 23.8. The van der Waals surface area contributed by atoms with Crippen molar-refractivity contribution in [2.24, 2.45) is 5.10 Å². The fraction of sp³-hybridized carbons (Fsp3) is 0.0909. The number of benzene rings is 3. The molecule has 172 valence electrons. The highest BCUT2D eigenvalue weighted by molar-refractivity contribution is 7.92. The Morgan fingerprint density at radius 2 is 1.70 bits per heavy atom. The molecule has 3 aromatic rings. The lowest BCUT2D eigenvalue weighted by atomic mass is 10.1. The molecule has 0 bridgehead atoms. The van der Waals surface area contributed by atoms with Crippen LogP contribution in [0.25, 0.3) is 0 Å². The maximum absolute atomic E-state index is 13.0. The van der Waals surface area contributed by atoms with E-state index in [1.807, 2.05) is 0 Å². The van der Waals surface area contributed by atoms with Crippen LogP contribution in [0.15, 0.2) is 82.8 Å². The van der Waals surface area contributed by atoms with Gasteiger partial charge in [0.25, 0.3) is 15.9 Å². The smallest absolute Gasteiger partial charge is 0.417 e. The monoisotopic (exact) mass is 477 g/mol. The maximum Gasteiger partial charge on any atom is 0.417 e. The Balaban J connectivity index is 1.74. The van der Waals surface area contributed by atoms with Crippen molar-refractivity contribution in [2.75, 3.05) is 11.8 Å². The van der Waals surface area contributed by atoms with Crippen molar-refractivity contribution in [3.8, 4) is 5.75 Å². The molecule has 0 aliphatic carbocycles. The second-order valence-corrected chi connectivity index (χ2v) is 8.33. The van der Waals surface area contributed by atoms with Crippen molar-refractivity contribution >= 4 is 27.8 Å². The van der Waals surface area contributed by atoms with Crippen LogP contribution in [0, 0.1) is 0 Å². The predicted molar refractivity (Wildman–Crippen MR) is 117 cm³/mol. The number of ether oxygens (including phenoxy) is 1. The zero-order chi connectivity index (χ0) is 24.1. The molecule has 33 heavy (non-hydrogen) atoms. The Kier molecular flexibility index (Phi) is 7.02. The van der Waals surface area contributed by atoms with E-state index in [4.69, 9.17) is 4.74 Å². The van der Waals surface area contributed by atoms with Crippen molar-refractivity contribution in [3.63, 3.8) is 0 Å². The van der Waals surface area contributed by atoms with E-state index in [1.165, 1.54) is 55.6 Å². The molecule has 0 aliphatic rings. The number of hydrogen-bond donors (Lipinski definition) is 2. The van der Waals surface area contributed by atoms with Crippen LogP contribution in [0.4, 0.5) is 18.9 Å². The van der Waals surface area contributed by atoms with Gasteiger partial charge in [0.2, 0.25) is 0 Å². The van der Waals surface area contributed by atoms with Crippen molar-refractivity contribution < 1.29 is 31.1 Å². The first-order valence-electron chi connectivity index (χ1n) is 9.37. The van der Waals surface area contributed by atoms with Gasteiger partial charge in [-0.05, 0) is 48.5 Å². The first-order valence-corrected chi connectivity index (χ1v) is 10.8. The van der Waals surface area contributed by atoms with Gasteiger partial charge in [-0.15, -0.1) is 0 Å². The Morgan fingerprint density at radius 1 is 1.00 bits per heavy atom. The van der Waals surface area contributed by atoms with E-state index in [2.05, 4.69) is 15.2 Å². The third kappa shape index (κ3) is 6.10. The molecule has 0 spiro atoms. The molecule has 3 aromatic carbocycles.